The zero-order chi connectivity index (χ0) is 20.1. The predicted octanol–water partition coefficient (Wildman–Crippen LogP) is 3.80. The second-order valence-corrected chi connectivity index (χ2v) is 10.2. The van der Waals surface area contributed by atoms with E-state index in [1.54, 1.807) is 48.0 Å². The van der Waals surface area contributed by atoms with Gasteiger partial charge < -0.3 is 9.30 Å². The fraction of sp³-hybridized carbons (Fsp3) is 0.316. The van der Waals surface area contributed by atoms with Crippen LogP contribution in [0, 0.1) is 0 Å². The number of thiophene rings is 1. The normalized spacial score (nSPS) is 12.8. The van der Waals surface area contributed by atoms with Crippen molar-refractivity contribution in [1.29, 1.82) is 0 Å². The summed E-state index contributed by atoms with van der Waals surface area (Å²) >= 11 is 3.24. The Morgan fingerprint density at radius 3 is 2.68 bits per heavy atom. The summed E-state index contributed by atoms with van der Waals surface area (Å²) in [5.41, 5.74) is 1.73. The molecule has 0 N–H and O–H groups in total. The maximum absolute atomic E-state index is 12.4. The van der Waals surface area contributed by atoms with Gasteiger partial charge in [0.15, 0.2) is 4.80 Å². The van der Waals surface area contributed by atoms with Crippen LogP contribution in [0.15, 0.2) is 57.0 Å². The van der Waals surface area contributed by atoms with Crippen molar-refractivity contribution in [3.8, 4) is 10.6 Å². The lowest BCUT2D eigenvalue weighted by atomic mass is 10.3. The summed E-state index contributed by atoms with van der Waals surface area (Å²) in [6.07, 6.45) is 0.869. The Labute approximate surface area is 173 Å². The van der Waals surface area contributed by atoms with E-state index in [1.807, 2.05) is 12.1 Å². The molecule has 0 aliphatic carbocycles. The SMILES string of the molecule is COCCCn1c(-c2cccs2)csc1=Nc1cccc(S(=O)(=O)N(C)C)c1. The van der Waals surface area contributed by atoms with Crippen LogP contribution in [0.25, 0.3) is 10.6 Å². The van der Waals surface area contributed by atoms with Crippen LogP contribution in [0.3, 0.4) is 0 Å². The zero-order valence-corrected chi connectivity index (χ0v) is 18.5. The summed E-state index contributed by atoms with van der Waals surface area (Å²) < 4.78 is 33.4. The molecular formula is C19H23N3O3S3. The van der Waals surface area contributed by atoms with E-state index in [0.717, 1.165) is 23.5 Å². The minimum Gasteiger partial charge on any atom is -0.385 e. The summed E-state index contributed by atoms with van der Waals surface area (Å²) in [6, 6.07) is 10.9. The van der Waals surface area contributed by atoms with E-state index < -0.39 is 10.0 Å². The van der Waals surface area contributed by atoms with E-state index in [1.165, 1.54) is 23.3 Å². The molecule has 3 rings (SSSR count). The molecule has 28 heavy (non-hydrogen) atoms. The van der Waals surface area contributed by atoms with E-state index >= 15 is 0 Å². The standard InChI is InChI=1S/C19H23N3O3S3/c1-21(2)28(23,24)16-8-4-7-15(13-16)20-19-22(10-6-11-25-3)17(14-27-19)18-9-5-12-26-18/h4-5,7-9,12-14H,6,10-11H2,1-3H3. The van der Waals surface area contributed by atoms with Crippen LogP contribution in [-0.4, -0.2) is 45.1 Å². The molecule has 1 aromatic carbocycles. The Hall–Kier alpha value is -1.78. The molecule has 6 nitrogen and oxygen atoms in total. The summed E-state index contributed by atoms with van der Waals surface area (Å²) in [5, 5.41) is 4.15. The molecule has 0 unspecified atom stereocenters. The Balaban J connectivity index is 2.05. The van der Waals surface area contributed by atoms with Gasteiger partial charge in [-0.15, -0.1) is 22.7 Å². The zero-order valence-electron chi connectivity index (χ0n) is 16.0. The molecule has 0 fully saturated rings. The fourth-order valence-corrected chi connectivity index (χ4v) is 5.37. The average molecular weight is 438 g/mol. The summed E-state index contributed by atoms with van der Waals surface area (Å²) in [5.74, 6) is 0. The number of sulfonamides is 1. The number of ether oxygens (including phenoxy) is 1. The molecule has 0 radical (unpaired) electrons. The maximum Gasteiger partial charge on any atom is 0.242 e. The monoisotopic (exact) mass is 437 g/mol. The first-order valence-electron chi connectivity index (χ1n) is 8.72. The van der Waals surface area contributed by atoms with Crippen molar-refractivity contribution in [3.63, 3.8) is 0 Å². The number of rotatable bonds is 8. The summed E-state index contributed by atoms with van der Waals surface area (Å²) in [4.78, 5) is 6.99. The molecule has 0 spiro atoms. The van der Waals surface area contributed by atoms with E-state index in [0.29, 0.717) is 12.3 Å². The van der Waals surface area contributed by atoms with Gasteiger partial charge in [0.2, 0.25) is 10.0 Å². The lowest BCUT2D eigenvalue weighted by Crippen LogP contribution is -2.22. The second kappa shape index (κ2) is 9.15. The van der Waals surface area contributed by atoms with Crippen LogP contribution in [-0.2, 0) is 21.3 Å². The quantitative estimate of drug-likeness (QED) is 0.504. The van der Waals surface area contributed by atoms with Crippen molar-refractivity contribution in [3.05, 3.63) is 52.0 Å². The molecule has 2 heterocycles. The topological polar surface area (TPSA) is 63.9 Å². The molecule has 150 valence electrons. The van der Waals surface area contributed by atoms with Gasteiger partial charge in [0.05, 0.1) is 21.2 Å². The first-order valence-corrected chi connectivity index (χ1v) is 11.9. The molecule has 2 aromatic heterocycles. The van der Waals surface area contributed by atoms with Gasteiger partial charge in [-0.25, -0.2) is 17.7 Å². The second-order valence-electron chi connectivity index (χ2n) is 6.28. The van der Waals surface area contributed by atoms with Gasteiger partial charge >= 0.3 is 0 Å². The molecule has 9 heteroatoms. The highest BCUT2D eigenvalue weighted by Gasteiger charge is 2.17. The van der Waals surface area contributed by atoms with E-state index in [2.05, 4.69) is 21.4 Å². The van der Waals surface area contributed by atoms with Crippen molar-refractivity contribution < 1.29 is 13.2 Å². The lowest BCUT2D eigenvalue weighted by molar-refractivity contribution is 0.190. The van der Waals surface area contributed by atoms with Gasteiger partial charge in [-0.1, -0.05) is 12.1 Å². The molecule has 0 saturated carbocycles. The molecule has 0 saturated heterocycles. The van der Waals surface area contributed by atoms with Gasteiger partial charge in [-0.05, 0) is 36.1 Å². The highest BCUT2D eigenvalue weighted by Crippen LogP contribution is 2.26. The van der Waals surface area contributed by atoms with Crippen LogP contribution in [0.5, 0.6) is 0 Å². The third kappa shape index (κ3) is 4.61. The average Bonchev–Trinajstić information content (AvgIpc) is 3.32. The predicted molar refractivity (Wildman–Crippen MR) is 115 cm³/mol. The minimum atomic E-state index is -3.49. The number of aromatic nitrogens is 1. The summed E-state index contributed by atoms with van der Waals surface area (Å²) in [7, 11) is 1.25. The van der Waals surface area contributed by atoms with Crippen LogP contribution < -0.4 is 4.80 Å². The third-order valence-electron chi connectivity index (χ3n) is 4.12. The van der Waals surface area contributed by atoms with E-state index in [4.69, 9.17) is 9.73 Å². The van der Waals surface area contributed by atoms with E-state index in [9.17, 15) is 8.42 Å². The minimum absolute atomic E-state index is 0.236. The number of benzene rings is 1. The smallest absolute Gasteiger partial charge is 0.242 e. The van der Waals surface area contributed by atoms with Crippen LogP contribution in [0.2, 0.25) is 0 Å². The highest BCUT2D eigenvalue weighted by atomic mass is 32.2. The largest absolute Gasteiger partial charge is 0.385 e. The number of hydrogen-bond donors (Lipinski definition) is 0. The summed E-state index contributed by atoms with van der Waals surface area (Å²) in [6.45, 7) is 1.45. The fourth-order valence-electron chi connectivity index (χ4n) is 2.66. The van der Waals surface area contributed by atoms with Crippen LogP contribution in [0.1, 0.15) is 6.42 Å². The van der Waals surface area contributed by atoms with Crippen molar-refractivity contribution in [2.75, 3.05) is 27.8 Å². The van der Waals surface area contributed by atoms with Crippen molar-refractivity contribution in [1.82, 2.24) is 8.87 Å². The van der Waals surface area contributed by atoms with Gasteiger partial charge in [0.25, 0.3) is 0 Å². The number of nitrogens with zero attached hydrogens (tertiary/aromatic N) is 3. The molecule has 0 amide bonds. The molecule has 3 aromatic rings. The number of thiazole rings is 1. The lowest BCUT2D eigenvalue weighted by Gasteiger charge is -2.11. The van der Waals surface area contributed by atoms with Crippen molar-refractivity contribution >= 4 is 38.4 Å². The third-order valence-corrected chi connectivity index (χ3v) is 7.69. The Kier molecular flexibility index (Phi) is 6.84. The van der Waals surface area contributed by atoms with Gasteiger partial charge in [-0.2, -0.15) is 0 Å². The van der Waals surface area contributed by atoms with Crippen molar-refractivity contribution in [2.45, 2.75) is 17.9 Å². The van der Waals surface area contributed by atoms with Crippen molar-refractivity contribution in [2.24, 2.45) is 4.99 Å². The molecule has 0 aliphatic heterocycles. The maximum atomic E-state index is 12.4. The molecule has 0 bridgehead atoms. The number of hydrogen-bond acceptors (Lipinski definition) is 6. The van der Waals surface area contributed by atoms with E-state index in [-0.39, 0.29) is 4.90 Å². The highest BCUT2D eigenvalue weighted by molar-refractivity contribution is 7.89. The number of methoxy groups -OCH3 is 1. The van der Waals surface area contributed by atoms with Gasteiger partial charge in [-0.3, -0.25) is 0 Å². The molecular weight excluding hydrogens is 414 g/mol. The Bertz CT molecular complexity index is 1080. The first kappa shape index (κ1) is 20.9. The molecule has 0 aliphatic rings. The van der Waals surface area contributed by atoms with Gasteiger partial charge in [0.1, 0.15) is 0 Å². The van der Waals surface area contributed by atoms with Crippen LogP contribution in [0.4, 0.5) is 5.69 Å². The Morgan fingerprint density at radius 1 is 1.18 bits per heavy atom. The first-order chi connectivity index (χ1) is 13.4. The van der Waals surface area contributed by atoms with Gasteiger partial charge in [0, 0.05) is 39.7 Å². The molecule has 0 atom stereocenters. The Morgan fingerprint density at radius 2 is 2.00 bits per heavy atom. The van der Waals surface area contributed by atoms with Crippen LogP contribution >= 0.6 is 22.7 Å².